The van der Waals surface area contributed by atoms with Crippen LogP contribution >= 0.6 is 0 Å². The molecule has 0 saturated heterocycles. The van der Waals surface area contributed by atoms with Crippen LogP contribution in [0.3, 0.4) is 0 Å². The maximum absolute atomic E-state index is 11.7. The van der Waals surface area contributed by atoms with Crippen LogP contribution in [0.25, 0.3) is 0 Å². The summed E-state index contributed by atoms with van der Waals surface area (Å²) in [4.78, 5) is 11.7. The monoisotopic (exact) mass is 247 g/mol. The average molecular weight is 247 g/mol. The van der Waals surface area contributed by atoms with Crippen molar-refractivity contribution >= 4 is 17.4 Å². The Morgan fingerprint density at radius 1 is 1.44 bits per heavy atom. The number of rotatable bonds is 3. The fourth-order valence-corrected chi connectivity index (χ4v) is 2.54. The summed E-state index contributed by atoms with van der Waals surface area (Å²) >= 11 is 0. The highest BCUT2D eigenvalue weighted by Gasteiger charge is 2.21. The van der Waals surface area contributed by atoms with E-state index < -0.39 is 0 Å². The minimum Gasteiger partial charge on any atom is -0.399 e. The van der Waals surface area contributed by atoms with Crippen molar-refractivity contribution in [1.29, 1.82) is 0 Å². The van der Waals surface area contributed by atoms with Crippen LogP contribution in [-0.4, -0.2) is 12.6 Å². The molecule has 1 saturated carbocycles. The highest BCUT2D eigenvalue weighted by Crippen LogP contribution is 2.29. The first-order valence-corrected chi connectivity index (χ1v) is 6.54. The molecule has 2 rings (SSSR count). The molecular weight excluding hydrogens is 226 g/mol. The Morgan fingerprint density at radius 3 is 2.94 bits per heavy atom. The van der Waals surface area contributed by atoms with E-state index in [1.807, 2.05) is 12.1 Å². The Labute approximate surface area is 108 Å². The molecular formula is C14H21N3O. The molecule has 0 radical (unpaired) electrons. The zero-order valence-corrected chi connectivity index (χ0v) is 10.8. The molecule has 0 aromatic heterocycles. The highest BCUT2D eigenvalue weighted by molar-refractivity contribution is 5.89. The van der Waals surface area contributed by atoms with Crippen LogP contribution in [-0.2, 0) is 0 Å². The van der Waals surface area contributed by atoms with Gasteiger partial charge in [-0.25, -0.2) is 4.79 Å². The van der Waals surface area contributed by atoms with Crippen molar-refractivity contribution < 1.29 is 4.79 Å². The fraction of sp³-hybridized carbons (Fsp3) is 0.500. The molecule has 2 amide bonds. The molecule has 4 heteroatoms. The van der Waals surface area contributed by atoms with Crippen LogP contribution in [0.4, 0.5) is 16.2 Å². The van der Waals surface area contributed by atoms with Crippen LogP contribution in [0.15, 0.2) is 24.3 Å². The van der Waals surface area contributed by atoms with E-state index in [0.29, 0.717) is 11.6 Å². The maximum Gasteiger partial charge on any atom is 0.319 e. The van der Waals surface area contributed by atoms with E-state index in [9.17, 15) is 4.79 Å². The Morgan fingerprint density at radius 2 is 2.28 bits per heavy atom. The summed E-state index contributed by atoms with van der Waals surface area (Å²) in [6.45, 7) is 3.03. The van der Waals surface area contributed by atoms with E-state index in [4.69, 9.17) is 5.73 Å². The van der Waals surface area contributed by atoms with Gasteiger partial charge in [0.1, 0.15) is 0 Å². The third kappa shape index (κ3) is 3.65. The number of amides is 2. The van der Waals surface area contributed by atoms with E-state index in [-0.39, 0.29) is 6.03 Å². The Hall–Kier alpha value is -1.71. The summed E-state index contributed by atoms with van der Waals surface area (Å²) in [5.74, 6) is 1.43. The zero-order chi connectivity index (χ0) is 13.0. The number of carbonyl (C=O) groups excluding carboxylic acids is 1. The van der Waals surface area contributed by atoms with Crippen molar-refractivity contribution in [1.82, 2.24) is 5.32 Å². The van der Waals surface area contributed by atoms with Gasteiger partial charge in [-0.15, -0.1) is 0 Å². The summed E-state index contributed by atoms with van der Waals surface area (Å²) < 4.78 is 0. The summed E-state index contributed by atoms with van der Waals surface area (Å²) in [5.41, 5.74) is 7.03. The number of nitrogens with one attached hydrogen (secondary N) is 2. The van der Waals surface area contributed by atoms with Gasteiger partial charge in [-0.3, -0.25) is 0 Å². The van der Waals surface area contributed by atoms with Gasteiger partial charge < -0.3 is 16.4 Å². The van der Waals surface area contributed by atoms with Crippen molar-refractivity contribution in [2.24, 2.45) is 11.8 Å². The molecule has 0 spiro atoms. The largest absolute Gasteiger partial charge is 0.399 e. The van der Waals surface area contributed by atoms with Crippen LogP contribution in [0.2, 0.25) is 0 Å². The summed E-state index contributed by atoms with van der Waals surface area (Å²) in [5, 5.41) is 5.71. The van der Waals surface area contributed by atoms with Crippen molar-refractivity contribution in [3.63, 3.8) is 0 Å². The van der Waals surface area contributed by atoms with Gasteiger partial charge >= 0.3 is 6.03 Å². The quantitative estimate of drug-likeness (QED) is 0.719. The number of urea groups is 1. The van der Waals surface area contributed by atoms with E-state index in [0.717, 1.165) is 18.2 Å². The molecule has 1 aliphatic rings. The number of benzene rings is 1. The zero-order valence-electron chi connectivity index (χ0n) is 10.8. The van der Waals surface area contributed by atoms with Crippen molar-refractivity contribution in [2.75, 3.05) is 17.6 Å². The number of anilines is 2. The summed E-state index contributed by atoms with van der Waals surface area (Å²) in [6.07, 6.45) is 3.72. The lowest BCUT2D eigenvalue weighted by atomic mass is 10.1. The van der Waals surface area contributed by atoms with Gasteiger partial charge in [0.25, 0.3) is 0 Å². The number of nitrogens with two attached hydrogens (primary N) is 1. The third-order valence-electron chi connectivity index (χ3n) is 3.50. The number of hydrogen-bond donors (Lipinski definition) is 3. The molecule has 1 aromatic rings. The lowest BCUT2D eigenvalue weighted by Gasteiger charge is -2.12. The predicted octanol–water partition coefficient (Wildman–Crippen LogP) is 2.83. The number of carbonyl (C=O) groups is 1. The van der Waals surface area contributed by atoms with Crippen molar-refractivity contribution in [3.05, 3.63) is 24.3 Å². The lowest BCUT2D eigenvalue weighted by Crippen LogP contribution is -2.32. The molecule has 4 N–H and O–H groups in total. The maximum atomic E-state index is 11.7. The van der Waals surface area contributed by atoms with Gasteiger partial charge in [0.2, 0.25) is 0 Å². The van der Waals surface area contributed by atoms with Gasteiger partial charge in [0.15, 0.2) is 0 Å². The predicted molar refractivity (Wildman–Crippen MR) is 74.4 cm³/mol. The first-order valence-electron chi connectivity index (χ1n) is 6.54. The molecule has 0 aliphatic heterocycles. The minimum absolute atomic E-state index is 0.153. The number of hydrogen-bond acceptors (Lipinski definition) is 2. The van der Waals surface area contributed by atoms with Crippen molar-refractivity contribution in [3.8, 4) is 0 Å². The van der Waals surface area contributed by atoms with E-state index in [1.54, 1.807) is 12.1 Å². The molecule has 98 valence electrons. The molecule has 1 aliphatic carbocycles. The SMILES string of the molecule is CC1CCC(CNC(=O)Nc2cccc(N)c2)C1. The van der Waals surface area contributed by atoms with Gasteiger partial charge in [-0.1, -0.05) is 19.4 Å². The number of nitrogen functional groups attached to an aromatic ring is 1. The average Bonchev–Trinajstić information content (AvgIpc) is 2.73. The molecule has 4 nitrogen and oxygen atoms in total. The summed E-state index contributed by atoms with van der Waals surface area (Å²) in [6, 6.07) is 7.04. The van der Waals surface area contributed by atoms with Gasteiger partial charge in [0, 0.05) is 17.9 Å². The first-order chi connectivity index (χ1) is 8.63. The molecule has 1 aromatic carbocycles. The Bertz CT molecular complexity index is 419. The topological polar surface area (TPSA) is 67.2 Å². The minimum atomic E-state index is -0.153. The van der Waals surface area contributed by atoms with Gasteiger partial charge in [-0.05, 0) is 42.9 Å². The second kappa shape index (κ2) is 5.76. The van der Waals surface area contributed by atoms with Crippen LogP contribution < -0.4 is 16.4 Å². The van der Waals surface area contributed by atoms with Crippen LogP contribution in [0, 0.1) is 11.8 Å². The molecule has 0 bridgehead atoms. The Balaban J connectivity index is 1.75. The first kappa shape index (κ1) is 12.7. The lowest BCUT2D eigenvalue weighted by molar-refractivity contribution is 0.250. The second-order valence-electron chi connectivity index (χ2n) is 5.24. The third-order valence-corrected chi connectivity index (χ3v) is 3.50. The molecule has 2 atom stereocenters. The summed E-state index contributed by atoms with van der Waals surface area (Å²) in [7, 11) is 0. The smallest absolute Gasteiger partial charge is 0.319 e. The standard InChI is InChI=1S/C14H21N3O/c1-10-5-6-11(7-10)9-16-14(18)17-13-4-2-3-12(15)8-13/h2-4,8,10-11H,5-7,9,15H2,1H3,(H2,16,17,18). The fourth-order valence-electron chi connectivity index (χ4n) is 2.54. The van der Waals surface area contributed by atoms with Crippen molar-refractivity contribution in [2.45, 2.75) is 26.2 Å². The van der Waals surface area contributed by atoms with E-state index in [1.165, 1.54) is 19.3 Å². The second-order valence-corrected chi connectivity index (χ2v) is 5.24. The molecule has 2 unspecified atom stereocenters. The molecule has 0 heterocycles. The Kier molecular flexibility index (Phi) is 4.07. The highest BCUT2D eigenvalue weighted by atomic mass is 16.2. The van der Waals surface area contributed by atoms with Crippen LogP contribution in [0.1, 0.15) is 26.2 Å². The van der Waals surface area contributed by atoms with E-state index in [2.05, 4.69) is 17.6 Å². The molecule has 18 heavy (non-hydrogen) atoms. The van der Waals surface area contributed by atoms with E-state index >= 15 is 0 Å². The van der Waals surface area contributed by atoms with Gasteiger partial charge in [-0.2, -0.15) is 0 Å². The molecule has 1 fully saturated rings. The van der Waals surface area contributed by atoms with Gasteiger partial charge in [0.05, 0.1) is 0 Å². The normalized spacial score (nSPS) is 22.7. The van der Waals surface area contributed by atoms with Crippen LogP contribution in [0.5, 0.6) is 0 Å².